The van der Waals surface area contributed by atoms with Crippen LogP contribution < -0.4 is 4.90 Å². The second-order valence-electron chi connectivity index (χ2n) is 5.40. The topological polar surface area (TPSA) is 88.2 Å². The first-order valence-electron chi connectivity index (χ1n) is 7.53. The summed E-state index contributed by atoms with van der Waals surface area (Å²) in [6.45, 7) is 2.04. The molecule has 6 heteroatoms. The number of benzene rings is 1. The molecule has 23 heavy (non-hydrogen) atoms. The number of carbonyl (C=O) groups excluding carboxylic acids is 2. The lowest BCUT2D eigenvalue weighted by atomic mass is 10.1. The highest BCUT2D eigenvalue weighted by molar-refractivity contribution is 6.00. The minimum absolute atomic E-state index is 0.0990. The number of rotatable bonds is 5. The molecule has 1 heterocycles. The number of hydrogen-bond acceptors (Lipinski definition) is 4. The van der Waals surface area contributed by atoms with E-state index in [4.69, 9.17) is 10.5 Å². The third-order valence-electron chi connectivity index (χ3n) is 3.97. The van der Waals surface area contributed by atoms with Crippen molar-refractivity contribution in [2.24, 2.45) is 5.92 Å². The molecule has 0 spiro atoms. The number of nitrogens with zero attached hydrogens (tertiary/aromatic N) is 4. The molecule has 2 amide bonds. The van der Waals surface area contributed by atoms with Crippen LogP contribution in [0.2, 0.25) is 0 Å². The van der Waals surface area contributed by atoms with Crippen molar-refractivity contribution >= 4 is 17.5 Å². The van der Waals surface area contributed by atoms with Crippen molar-refractivity contribution < 1.29 is 9.59 Å². The number of para-hydroxylation sites is 1. The molecule has 6 nitrogen and oxygen atoms in total. The summed E-state index contributed by atoms with van der Waals surface area (Å²) >= 11 is 0. The van der Waals surface area contributed by atoms with Crippen molar-refractivity contribution in [1.29, 1.82) is 10.5 Å². The van der Waals surface area contributed by atoms with E-state index in [0.29, 0.717) is 6.54 Å². The zero-order chi connectivity index (χ0) is 16.8. The second-order valence-corrected chi connectivity index (χ2v) is 5.40. The average molecular weight is 310 g/mol. The van der Waals surface area contributed by atoms with E-state index in [-0.39, 0.29) is 31.3 Å². The zero-order valence-corrected chi connectivity index (χ0v) is 13.0. The average Bonchev–Trinajstić information content (AvgIpc) is 2.95. The van der Waals surface area contributed by atoms with Crippen LogP contribution in [0.15, 0.2) is 24.3 Å². The molecule has 1 atom stereocenters. The first kappa shape index (κ1) is 16.5. The fraction of sp³-hybridized carbons (Fsp3) is 0.412. The molecule has 1 aromatic carbocycles. The molecular weight excluding hydrogens is 292 g/mol. The molecular formula is C17H18N4O2. The predicted molar refractivity (Wildman–Crippen MR) is 84.1 cm³/mol. The van der Waals surface area contributed by atoms with Crippen LogP contribution in [-0.2, 0) is 16.0 Å². The summed E-state index contributed by atoms with van der Waals surface area (Å²) < 4.78 is 0. The Morgan fingerprint density at radius 1 is 1.30 bits per heavy atom. The maximum atomic E-state index is 12.4. The van der Waals surface area contributed by atoms with Gasteiger partial charge in [0.25, 0.3) is 0 Å². The van der Waals surface area contributed by atoms with Crippen molar-refractivity contribution in [3.05, 3.63) is 29.8 Å². The third kappa shape index (κ3) is 3.49. The van der Waals surface area contributed by atoms with Crippen molar-refractivity contribution in [3.8, 4) is 12.1 Å². The van der Waals surface area contributed by atoms with Gasteiger partial charge in [0.1, 0.15) is 13.1 Å². The lowest BCUT2D eigenvalue weighted by Crippen LogP contribution is -2.38. The molecule has 1 aliphatic rings. The molecule has 0 radical (unpaired) electrons. The quantitative estimate of drug-likeness (QED) is 0.771. The monoisotopic (exact) mass is 310 g/mol. The van der Waals surface area contributed by atoms with Gasteiger partial charge in [-0.1, -0.05) is 25.1 Å². The van der Waals surface area contributed by atoms with Gasteiger partial charge in [0.15, 0.2) is 0 Å². The van der Waals surface area contributed by atoms with E-state index in [0.717, 1.165) is 17.7 Å². The number of nitriles is 2. The molecule has 1 fully saturated rings. The minimum Gasteiger partial charge on any atom is -0.316 e. The molecule has 2 rings (SSSR count). The van der Waals surface area contributed by atoms with E-state index < -0.39 is 5.92 Å². The van der Waals surface area contributed by atoms with Gasteiger partial charge in [-0.3, -0.25) is 9.59 Å². The van der Waals surface area contributed by atoms with Crippen LogP contribution in [-0.4, -0.2) is 36.3 Å². The third-order valence-corrected chi connectivity index (χ3v) is 3.97. The number of carbonyl (C=O) groups is 2. The van der Waals surface area contributed by atoms with Crippen LogP contribution in [0.5, 0.6) is 0 Å². The second kappa shape index (κ2) is 7.42. The fourth-order valence-corrected chi connectivity index (χ4v) is 2.82. The number of hydrogen-bond donors (Lipinski definition) is 0. The smallest absolute Gasteiger partial charge is 0.229 e. The highest BCUT2D eigenvalue weighted by atomic mass is 16.2. The van der Waals surface area contributed by atoms with Gasteiger partial charge < -0.3 is 9.80 Å². The lowest BCUT2D eigenvalue weighted by Gasteiger charge is -2.22. The molecule has 0 aromatic heterocycles. The first-order chi connectivity index (χ1) is 11.1. The highest BCUT2D eigenvalue weighted by Gasteiger charge is 2.37. The van der Waals surface area contributed by atoms with Gasteiger partial charge >= 0.3 is 0 Å². The number of aryl methyl sites for hydroxylation is 1. The van der Waals surface area contributed by atoms with Crippen molar-refractivity contribution in [2.45, 2.75) is 19.8 Å². The lowest BCUT2D eigenvalue weighted by molar-refractivity contribution is -0.134. The minimum atomic E-state index is -0.505. The Hall–Kier alpha value is -2.86. The Labute approximate surface area is 135 Å². The van der Waals surface area contributed by atoms with Gasteiger partial charge in [-0.05, 0) is 18.1 Å². The maximum Gasteiger partial charge on any atom is 0.229 e. The molecule has 0 aliphatic carbocycles. The van der Waals surface area contributed by atoms with Crippen LogP contribution in [0, 0.1) is 28.6 Å². The van der Waals surface area contributed by atoms with Crippen LogP contribution in [0.4, 0.5) is 5.69 Å². The molecule has 1 unspecified atom stereocenters. The Bertz CT molecular complexity index is 671. The van der Waals surface area contributed by atoms with E-state index >= 15 is 0 Å². The number of anilines is 1. The zero-order valence-electron chi connectivity index (χ0n) is 13.0. The van der Waals surface area contributed by atoms with Crippen molar-refractivity contribution in [1.82, 2.24) is 4.90 Å². The predicted octanol–water partition coefficient (Wildman–Crippen LogP) is 1.48. The molecule has 1 aliphatic heterocycles. The van der Waals surface area contributed by atoms with Gasteiger partial charge in [-0.15, -0.1) is 0 Å². The standard InChI is InChI=1S/C17H18N4O2/c1-2-13-5-3-4-6-15(13)21-12-14(11-16(21)22)17(23)20(9-7-18)10-8-19/h3-6,14H,2,9-12H2,1H3. The van der Waals surface area contributed by atoms with E-state index in [1.54, 1.807) is 4.90 Å². The van der Waals surface area contributed by atoms with E-state index in [1.165, 1.54) is 4.90 Å². The van der Waals surface area contributed by atoms with Crippen LogP contribution in [0.3, 0.4) is 0 Å². The molecule has 0 saturated carbocycles. The Kier molecular flexibility index (Phi) is 5.32. The SMILES string of the molecule is CCc1ccccc1N1CC(C(=O)N(CC#N)CC#N)CC1=O. The van der Waals surface area contributed by atoms with Gasteiger partial charge in [0.05, 0.1) is 18.1 Å². The van der Waals surface area contributed by atoms with Crippen molar-refractivity contribution in [2.75, 3.05) is 24.5 Å². The molecule has 118 valence electrons. The van der Waals surface area contributed by atoms with Crippen LogP contribution >= 0.6 is 0 Å². The van der Waals surface area contributed by atoms with Gasteiger partial charge in [0, 0.05) is 18.7 Å². The van der Waals surface area contributed by atoms with Crippen LogP contribution in [0.25, 0.3) is 0 Å². The van der Waals surface area contributed by atoms with E-state index in [2.05, 4.69) is 0 Å². The summed E-state index contributed by atoms with van der Waals surface area (Å²) in [6, 6.07) is 11.4. The van der Waals surface area contributed by atoms with E-state index in [9.17, 15) is 9.59 Å². The van der Waals surface area contributed by atoms with Gasteiger partial charge in [0.2, 0.25) is 11.8 Å². The van der Waals surface area contributed by atoms with Crippen molar-refractivity contribution in [3.63, 3.8) is 0 Å². The highest BCUT2D eigenvalue weighted by Crippen LogP contribution is 2.29. The Morgan fingerprint density at radius 3 is 2.57 bits per heavy atom. The molecule has 1 saturated heterocycles. The Morgan fingerprint density at radius 2 is 1.96 bits per heavy atom. The summed E-state index contributed by atoms with van der Waals surface area (Å²) in [5, 5.41) is 17.5. The van der Waals surface area contributed by atoms with Gasteiger partial charge in [-0.2, -0.15) is 10.5 Å². The maximum absolute atomic E-state index is 12.4. The largest absolute Gasteiger partial charge is 0.316 e. The van der Waals surface area contributed by atoms with Crippen LogP contribution in [0.1, 0.15) is 18.9 Å². The summed E-state index contributed by atoms with van der Waals surface area (Å²) in [7, 11) is 0. The first-order valence-corrected chi connectivity index (χ1v) is 7.53. The molecule has 1 aromatic rings. The summed E-state index contributed by atoms with van der Waals surface area (Å²) in [5.41, 5.74) is 1.89. The summed E-state index contributed by atoms with van der Waals surface area (Å²) in [4.78, 5) is 27.6. The summed E-state index contributed by atoms with van der Waals surface area (Å²) in [6.07, 6.45) is 0.914. The number of amides is 2. The normalized spacial score (nSPS) is 16.7. The fourth-order valence-electron chi connectivity index (χ4n) is 2.82. The summed E-state index contributed by atoms with van der Waals surface area (Å²) in [5.74, 6) is -0.912. The van der Waals surface area contributed by atoms with Gasteiger partial charge in [-0.25, -0.2) is 0 Å². The molecule has 0 N–H and O–H groups in total. The molecule has 0 bridgehead atoms. The van der Waals surface area contributed by atoms with E-state index in [1.807, 2.05) is 43.3 Å². The Balaban J connectivity index is 2.18.